The smallest absolute Gasteiger partial charge is 0.230 e. The van der Waals surface area contributed by atoms with Crippen molar-refractivity contribution in [3.05, 3.63) is 29.3 Å². The van der Waals surface area contributed by atoms with E-state index >= 15 is 0 Å². The largest absolute Gasteiger partial charge is 0.352 e. The predicted octanol–water partition coefficient (Wildman–Crippen LogP) is 3.35. The van der Waals surface area contributed by atoms with Crippen LogP contribution in [0.2, 0.25) is 5.02 Å². The van der Waals surface area contributed by atoms with Gasteiger partial charge in [-0.05, 0) is 30.4 Å². The molecule has 0 bridgehead atoms. The second kappa shape index (κ2) is 8.31. The molecule has 1 aromatic heterocycles. The van der Waals surface area contributed by atoms with Gasteiger partial charge in [0.2, 0.25) is 11.1 Å². The Morgan fingerprint density at radius 2 is 2.19 bits per heavy atom. The van der Waals surface area contributed by atoms with Gasteiger partial charge in [-0.3, -0.25) is 4.79 Å². The molecule has 0 spiro atoms. The van der Waals surface area contributed by atoms with E-state index in [1.165, 1.54) is 29.3 Å². The lowest BCUT2D eigenvalue weighted by Gasteiger charge is -2.34. The number of thioether (sulfide) groups is 1. The van der Waals surface area contributed by atoms with Crippen LogP contribution in [-0.4, -0.2) is 32.6 Å². The first-order valence-corrected chi connectivity index (χ1v) is 10.2. The number of nitrogens with one attached hydrogen (secondary N) is 1. The first kappa shape index (κ1) is 19.0. The topological polar surface area (TPSA) is 85.8 Å². The normalized spacial score (nSPS) is 23.0. The Balaban J connectivity index is 1.59. The summed E-state index contributed by atoms with van der Waals surface area (Å²) in [5.74, 6) is 8.04. The maximum absolute atomic E-state index is 12.3. The fourth-order valence-corrected chi connectivity index (χ4v) is 4.22. The van der Waals surface area contributed by atoms with Crippen molar-refractivity contribution in [2.24, 2.45) is 11.8 Å². The van der Waals surface area contributed by atoms with Gasteiger partial charge in [-0.15, -0.1) is 10.2 Å². The maximum atomic E-state index is 12.3. The second-order valence-electron chi connectivity index (χ2n) is 6.92. The molecule has 1 heterocycles. The van der Waals surface area contributed by atoms with Crippen LogP contribution in [0.3, 0.4) is 0 Å². The van der Waals surface area contributed by atoms with Crippen molar-refractivity contribution < 1.29 is 4.79 Å². The van der Waals surface area contributed by atoms with Crippen LogP contribution in [0.5, 0.6) is 0 Å². The van der Waals surface area contributed by atoms with Gasteiger partial charge in [0, 0.05) is 16.6 Å². The summed E-state index contributed by atoms with van der Waals surface area (Å²) in [5.41, 5.74) is 0.786. The van der Waals surface area contributed by atoms with Gasteiger partial charge >= 0.3 is 0 Å². The van der Waals surface area contributed by atoms with Gasteiger partial charge in [0.15, 0.2) is 5.82 Å². The van der Waals surface area contributed by atoms with E-state index in [1.54, 1.807) is 12.1 Å². The molecule has 1 fully saturated rings. The van der Waals surface area contributed by atoms with Crippen LogP contribution < -0.4 is 11.2 Å². The number of hydrogen-bond acceptors (Lipinski definition) is 5. The number of nitrogen functional groups attached to an aromatic ring is 1. The molecule has 26 heavy (non-hydrogen) atoms. The Morgan fingerprint density at radius 1 is 1.38 bits per heavy atom. The molecule has 1 amide bonds. The van der Waals surface area contributed by atoms with Crippen LogP contribution in [0.1, 0.15) is 33.1 Å². The van der Waals surface area contributed by atoms with E-state index in [0.29, 0.717) is 27.8 Å². The van der Waals surface area contributed by atoms with Gasteiger partial charge in [0.1, 0.15) is 0 Å². The molecule has 1 aliphatic rings. The SMILES string of the molecule is C[C@@H]1[C@H](C)CCC[C@H]1NC(=O)CSc1nnc(-c2cccc(Cl)c2)n1N. The Morgan fingerprint density at radius 3 is 2.96 bits per heavy atom. The predicted molar refractivity (Wildman–Crippen MR) is 105 cm³/mol. The highest BCUT2D eigenvalue weighted by atomic mass is 35.5. The number of rotatable bonds is 5. The van der Waals surface area contributed by atoms with Crippen molar-refractivity contribution in [3.63, 3.8) is 0 Å². The van der Waals surface area contributed by atoms with Crippen molar-refractivity contribution in [2.75, 3.05) is 11.6 Å². The van der Waals surface area contributed by atoms with E-state index in [4.69, 9.17) is 17.4 Å². The number of nitrogens with two attached hydrogens (primary N) is 1. The summed E-state index contributed by atoms with van der Waals surface area (Å²) in [7, 11) is 0. The summed E-state index contributed by atoms with van der Waals surface area (Å²) in [6.45, 7) is 4.47. The highest BCUT2D eigenvalue weighted by molar-refractivity contribution is 7.99. The van der Waals surface area contributed by atoms with Crippen molar-refractivity contribution in [3.8, 4) is 11.4 Å². The first-order chi connectivity index (χ1) is 12.5. The summed E-state index contributed by atoms with van der Waals surface area (Å²) in [5, 5.41) is 12.5. The number of aromatic nitrogens is 3. The molecule has 1 saturated carbocycles. The third-order valence-corrected chi connectivity index (χ3v) is 6.31. The van der Waals surface area contributed by atoms with Gasteiger partial charge in [-0.1, -0.05) is 62.2 Å². The molecule has 6 nitrogen and oxygen atoms in total. The molecule has 0 radical (unpaired) electrons. The summed E-state index contributed by atoms with van der Waals surface area (Å²) >= 11 is 7.30. The van der Waals surface area contributed by atoms with E-state index in [-0.39, 0.29) is 17.7 Å². The van der Waals surface area contributed by atoms with Gasteiger partial charge in [-0.25, -0.2) is 4.68 Å². The molecule has 3 rings (SSSR count). The third kappa shape index (κ3) is 4.32. The fraction of sp³-hybridized carbons (Fsp3) is 0.500. The zero-order valence-electron chi connectivity index (χ0n) is 15.0. The summed E-state index contributed by atoms with van der Waals surface area (Å²) in [6.07, 6.45) is 3.46. The van der Waals surface area contributed by atoms with Gasteiger partial charge < -0.3 is 11.2 Å². The van der Waals surface area contributed by atoms with Crippen molar-refractivity contribution in [1.29, 1.82) is 0 Å². The summed E-state index contributed by atoms with van der Waals surface area (Å²) in [6, 6.07) is 7.52. The zero-order chi connectivity index (χ0) is 18.7. The minimum Gasteiger partial charge on any atom is -0.352 e. The monoisotopic (exact) mass is 393 g/mol. The molecule has 1 aliphatic carbocycles. The molecule has 3 atom stereocenters. The second-order valence-corrected chi connectivity index (χ2v) is 8.30. The van der Waals surface area contributed by atoms with E-state index < -0.39 is 0 Å². The number of benzene rings is 1. The summed E-state index contributed by atoms with van der Waals surface area (Å²) < 4.78 is 1.40. The van der Waals surface area contributed by atoms with Crippen LogP contribution in [0.15, 0.2) is 29.4 Å². The Kier molecular flexibility index (Phi) is 6.09. The molecular formula is C18H24ClN5OS. The lowest BCUT2D eigenvalue weighted by atomic mass is 9.78. The number of hydrogen-bond donors (Lipinski definition) is 2. The number of carbonyl (C=O) groups is 1. The minimum absolute atomic E-state index is 0.00764. The molecule has 1 aromatic carbocycles. The van der Waals surface area contributed by atoms with Gasteiger partial charge in [0.05, 0.1) is 5.75 Å². The molecule has 0 aliphatic heterocycles. The average Bonchev–Trinajstić information content (AvgIpc) is 2.98. The molecule has 0 unspecified atom stereocenters. The van der Waals surface area contributed by atoms with Crippen LogP contribution in [-0.2, 0) is 4.79 Å². The third-order valence-electron chi connectivity index (χ3n) is 5.13. The van der Waals surface area contributed by atoms with E-state index in [9.17, 15) is 4.79 Å². The van der Waals surface area contributed by atoms with Crippen LogP contribution >= 0.6 is 23.4 Å². The van der Waals surface area contributed by atoms with Crippen LogP contribution in [0.4, 0.5) is 0 Å². The lowest BCUT2D eigenvalue weighted by molar-refractivity contribution is -0.120. The average molecular weight is 394 g/mol. The van der Waals surface area contributed by atoms with Crippen molar-refractivity contribution in [1.82, 2.24) is 20.2 Å². The van der Waals surface area contributed by atoms with E-state index in [0.717, 1.165) is 12.0 Å². The van der Waals surface area contributed by atoms with Crippen molar-refractivity contribution >= 4 is 29.3 Å². The molecule has 140 valence electrons. The number of amides is 1. The van der Waals surface area contributed by atoms with Crippen LogP contribution in [0.25, 0.3) is 11.4 Å². The maximum Gasteiger partial charge on any atom is 0.230 e. The van der Waals surface area contributed by atoms with Gasteiger partial charge in [0.25, 0.3) is 0 Å². The molecule has 8 heteroatoms. The number of halogens is 1. The Labute approximate surface area is 162 Å². The lowest BCUT2D eigenvalue weighted by Crippen LogP contribution is -2.44. The van der Waals surface area contributed by atoms with Gasteiger partial charge in [-0.2, -0.15) is 0 Å². The number of carbonyl (C=O) groups excluding carboxylic acids is 1. The standard InChI is InChI=1S/C18H24ClN5OS/c1-11-5-3-8-15(12(11)2)21-16(25)10-26-18-23-22-17(24(18)20)13-6-4-7-14(19)9-13/h4,6-7,9,11-12,15H,3,5,8,10,20H2,1-2H3,(H,21,25)/t11-,12-,15-/m1/s1. The number of nitrogens with zero attached hydrogens (tertiary/aromatic N) is 3. The highest BCUT2D eigenvalue weighted by Crippen LogP contribution is 2.29. The Bertz CT molecular complexity index is 781. The van der Waals surface area contributed by atoms with E-state index in [1.807, 2.05) is 12.1 Å². The fourth-order valence-electron chi connectivity index (χ4n) is 3.36. The van der Waals surface area contributed by atoms with Crippen molar-refractivity contribution in [2.45, 2.75) is 44.3 Å². The molecule has 2 aromatic rings. The summed E-state index contributed by atoms with van der Waals surface area (Å²) in [4.78, 5) is 12.3. The Hall–Kier alpha value is -1.73. The van der Waals surface area contributed by atoms with E-state index in [2.05, 4.69) is 29.4 Å². The molecular weight excluding hydrogens is 370 g/mol. The minimum atomic E-state index is 0.00764. The quantitative estimate of drug-likeness (QED) is 0.601. The molecule has 3 N–H and O–H groups in total. The van der Waals surface area contributed by atoms with Crippen LogP contribution in [0, 0.1) is 11.8 Å². The molecule has 0 saturated heterocycles. The highest BCUT2D eigenvalue weighted by Gasteiger charge is 2.28. The zero-order valence-corrected chi connectivity index (χ0v) is 16.6. The first-order valence-electron chi connectivity index (χ1n) is 8.84.